The number of rotatable bonds is 6. The van der Waals surface area contributed by atoms with Crippen LogP contribution in [0.2, 0.25) is 10.0 Å². The van der Waals surface area contributed by atoms with Crippen LogP contribution in [-0.2, 0) is 0 Å². The number of methoxy groups -OCH3 is 1. The summed E-state index contributed by atoms with van der Waals surface area (Å²) < 4.78 is 7.90. The molecule has 1 fully saturated rings. The van der Waals surface area contributed by atoms with Gasteiger partial charge in [-0.2, -0.15) is 5.10 Å². The standard InChI is InChI=1S/C21H17Cl2N7O3/c1-33-16-10-15(30(28-16)19-13(22)3-2-7-24-19)20(31)27-17-14(23)9-12-6-8-25-29(12)18(17)21(32)26-11-4-5-11/h2-3,6-11H,4-5H2,1H3,(H,26,32)(H,27,31). The van der Waals surface area contributed by atoms with Crippen LogP contribution in [0.25, 0.3) is 11.3 Å². The van der Waals surface area contributed by atoms with Crippen molar-refractivity contribution < 1.29 is 14.3 Å². The first-order valence-electron chi connectivity index (χ1n) is 9.99. The summed E-state index contributed by atoms with van der Waals surface area (Å²) >= 11 is 12.8. The summed E-state index contributed by atoms with van der Waals surface area (Å²) in [5.41, 5.74) is 0.940. The molecule has 4 aromatic rings. The van der Waals surface area contributed by atoms with E-state index >= 15 is 0 Å². The van der Waals surface area contributed by atoms with Crippen LogP contribution in [-0.4, -0.2) is 49.3 Å². The van der Waals surface area contributed by atoms with Gasteiger partial charge in [-0.3, -0.25) is 9.59 Å². The largest absolute Gasteiger partial charge is 0.480 e. The molecule has 1 saturated carbocycles. The van der Waals surface area contributed by atoms with Gasteiger partial charge in [-0.1, -0.05) is 23.2 Å². The minimum absolute atomic E-state index is 0.0811. The number of hydrogen-bond acceptors (Lipinski definition) is 6. The predicted octanol–water partition coefficient (Wildman–Crippen LogP) is 3.37. The quantitative estimate of drug-likeness (QED) is 0.432. The van der Waals surface area contributed by atoms with Crippen molar-refractivity contribution in [1.82, 2.24) is 29.7 Å². The number of aromatic nitrogens is 5. The van der Waals surface area contributed by atoms with E-state index in [0.717, 1.165) is 12.8 Å². The molecule has 0 aliphatic heterocycles. The molecule has 1 aliphatic carbocycles. The van der Waals surface area contributed by atoms with Crippen molar-refractivity contribution in [2.45, 2.75) is 18.9 Å². The summed E-state index contributed by atoms with van der Waals surface area (Å²) in [7, 11) is 1.43. The molecule has 0 spiro atoms. The van der Waals surface area contributed by atoms with Gasteiger partial charge in [-0.25, -0.2) is 14.2 Å². The molecule has 2 N–H and O–H groups in total. The second-order valence-corrected chi connectivity index (χ2v) is 8.19. The lowest BCUT2D eigenvalue weighted by Gasteiger charge is -2.15. The van der Waals surface area contributed by atoms with Crippen molar-refractivity contribution in [3.8, 4) is 11.7 Å². The fourth-order valence-electron chi connectivity index (χ4n) is 3.33. The number of fused-ring (bicyclic) bond motifs is 1. The fourth-order valence-corrected chi connectivity index (χ4v) is 3.78. The highest BCUT2D eigenvalue weighted by molar-refractivity contribution is 6.35. The third-order valence-corrected chi connectivity index (χ3v) is 5.66. The number of amides is 2. The Kier molecular flexibility index (Phi) is 5.39. The van der Waals surface area contributed by atoms with E-state index in [4.69, 9.17) is 27.9 Å². The van der Waals surface area contributed by atoms with Crippen molar-refractivity contribution in [2.75, 3.05) is 12.4 Å². The number of nitrogens with zero attached hydrogens (tertiary/aromatic N) is 5. The molecule has 0 aromatic carbocycles. The Morgan fingerprint density at radius 2 is 1.94 bits per heavy atom. The Morgan fingerprint density at radius 1 is 1.12 bits per heavy atom. The fraction of sp³-hybridized carbons (Fsp3) is 0.190. The summed E-state index contributed by atoms with van der Waals surface area (Å²) in [5, 5.41) is 14.6. The predicted molar refractivity (Wildman–Crippen MR) is 122 cm³/mol. The first-order valence-corrected chi connectivity index (χ1v) is 10.7. The molecule has 1 aliphatic rings. The molecular formula is C21H17Cl2N7O3. The average Bonchev–Trinajstić information content (AvgIpc) is 3.31. The topological polar surface area (TPSA) is 115 Å². The van der Waals surface area contributed by atoms with E-state index < -0.39 is 5.91 Å². The van der Waals surface area contributed by atoms with Gasteiger partial charge in [0.25, 0.3) is 11.8 Å². The Balaban J connectivity index is 1.58. The molecule has 5 rings (SSSR count). The normalized spacial score (nSPS) is 13.2. The molecule has 4 aromatic heterocycles. The number of carbonyl (C=O) groups excluding carboxylic acids is 2. The zero-order valence-corrected chi connectivity index (χ0v) is 18.8. The second-order valence-electron chi connectivity index (χ2n) is 7.38. The van der Waals surface area contributed by atoms with Crippen LogP contribution < -0.4 is 15.4 Å². The third-order valence-electron chi connectivity index (χ3n) is 5.07. The van der Waals surface area contributed by atoms with Crippen molar-refractivity contribution in [1.29, 1.82) is 0 Å². The number of ether oxygens (including phenoxy) is 1. The van der Waals surface area contributed by atoms with Crippen LogP contribution in [0, 0.1) is 0 Å². The highest BCUT2D eigenvalue weighted by Crippen LogP contribution is 2.31. The van der Waals surface area contributed by atoms with E-state index in [9.17, 15) is 9.59 Å². The zero-order chi connectivity index (χ0) is 23.1. The van der Waals surface area contributed by atoms with Crippen LogP contribution in [0.3, 0.4) is 0 Å². The van der Waals surface area contributed by atoms with Gasteiger partial charge in [0.2, 0.25) is 5.88 Å². The maximum atomic E-state index is 13.4. The first kappa shape index (κ1) is 21.2. The van der Waals surface area contributed by atoms with Gasteiger partial charge < -0.3 is 15.4 Å². The molecule has 0 unspecified atom stereocenters. The number of halogens is 2. The highest BCUT2D eigenvalue weighted by atomic mass is 35.5. The summed E-state index contributed by atoms with van der Waals surface area (Å²) in [6.45, 7) is 0. The third kappa shape index (κ3) is 3.98. The number of anilines is 1. The van der Waals surface area contributed by atoms with E-state index in [1.54, 1.807) is 30.5 Å². The van der Waals surface area contributed by atoms with Crippen molar-refractivity contribution in [3.63, 3.8) is 0 Å². The van der Waals surface area contributed by atoms with E-state index in [-0.39, 0.29) is 50.8 Å². The van der Waals surface area contributed by atoms with E-state index in [1.807, 2.05) is 0 Å². The van der Waals surface area contributed by atoms with Crippen LogP contribution >= 0.6 is 23.2 Å². The SMILES string of the molecule is COc1cc(C(=O)Nc2c(Cl)cc3ccnn3c2C(=O)NC2CC2)n(-c2ncccc2Cl)n1. The van der Waals surface area contributed by atoms with Crippen LogP contribution in [0.1, 0.15) is 33.8 Å². The van der Waals surface area contributed by atoms with Gasteiger partial charge in [0.15, 0.2) is 11.5 Å². The lowest BCUT2D eigenvalue weighted by atomic mass is 10.2. The molecule has 168 valence electrons. The van der Waals surface area contributed by atoms with Gasteiger partial charge in [0, 0.05) is 18.3 Å². The molecule has 0 bridgehead atoms. The van der Waals surface area contributed by atoms with Crippen LogP contribution in [0.4, 0.5) is 5.69 Å². The molecule has 0 saturated heterocycles. The van der Waals surface area contributed by atoms with Crippen molar-refractivity contribution in [3.05, 3.63) is 64.2 Å². The van der Waals surface area contributed by atoms with Gasteiger partial charge in [-0.15, -0.1) is 5.10 Å². The Morgan fingerprint density at radius 3 is 2.67 bits per heavy atom. The van der Waals surface area contributed by atoms with Crippen molar-refractivity contribution in [2.24, 2.45) is 0 Å². The molecular weight excluding hydrogens is 469 g/mol. The maximum absolute atomic E-state index is 13.4. The smallest absolute Gasteiger partial charge is 0.274 e. The molecule has 33 heavy (non-hydrogen) atoms. The Hall–Kier alpha value is -3.63. The molecule has 0 radical (unpaired) electrons. The summed E-state index contributed by atoms with van der Waals surface area (Å²) in [4.78, 5) is 30.6. The van der Waals surface area contributed by atoms with E-state index in [0.29, 0.717) is 5.52 Å². The Bertz CT molecular complexity index is 1390. The average molecular weight is 486 g/mol. The summed E-state index contributed by atoms with van der Waals surface area (Å²) in [6, 6.07) is 8.16. The van der Waals surface area contributed by atoms with Gasteiger partial charge in [0.1, 0.15) is 5.69 Å². The number of nitrogens with one attached hydrogen (secondary N) is 2. The lowest BCUT2D eigenvalue weighted by Crippen LogP contribution is -2.30. The van der Waals surface area contributed by atoms with Gasteiger partial charge in [0.05, 0.1) is 34.6 Å². The monoisotopic (exact) mass is 485 g/mol. The number of hydrogen-bond donors (Lipinski definition) is 2. The zero-order valence-electron chi connectivity index (χ0n) is 17.2. The van der Waals surface area contributed by atoms with Crippen LogP contribution in [0.5, 0.6) is 5.88 Å². The molecule has 4 heterocycles. The highest BCUT2D eigenvalue weighted by Gasteiger charge is 2.29. The van der Waals surface area contributed by atoms with Gasteiger partial charge in [-0.05, 0) is 37.1 Å². The molecule has 2 amide bonds. The summed E-state index contributed by atoms with van der Waals surface area (Å²) in [6.07, 6.45) is 4.88. The number of carbonyl (C=O) groups is 2. The molecule has 10 nitrogen and oxygen atoms in total. The van der Waals surface area contributed by atoms with Gasteiger partial charge >= 0.3 is 0 Å². The Labute approximate surface area is 197 Å². The maximum Gasteiger partial charge on any atom is 0.274 e. The number of pyridine rings is 2. The summed E-state index contributed by atoms with van der Waals surface area (Å²) in [5.74, 6) is -0.556. The first-order chi connectivity index (χ1) is 16.0. The molecule has 12 heteroatoms. The van der Waals surface area contributed by atoms with E-state index in [2.05, 4.69) is 25.8 Å². The van der Waals surface area contributed by atoms with Crippen molar-refractivity contribution >= 4 is 46.2 Å². The minimum Gasteiger partial charge on any atom is -0.480 e. The lowest BCUT2D eigenvalue weighted by molar-refractivity contribution is 0.0944. The van der Waals surface area contributed by atoms with E-state index in [1.165, 1.54) is 28.6 Å². The van der Waals surface area contributed by atoms with Crippen LogP contribution in [0.15, 0.2) is 42.7 Å². The molecule has 0 atom stereocenters. The second kappa shape index (κ2) is 8.38. The minimum atomic E-state index is -0.596.